The molecule has 144 valence electrons. The number of hydrogen-bond donors (Lipinski definition) is 9. The van der Waals surface area contributed by atoms with E-state index in [9.17, 15) is 35.7 Å². The summed E-state index contributed by atoms with van der Waals surface area (Å²) >= 11 is 0. The quantitative estimate of drug-likeness (QED) is 0.230. The van der Waals surface area contributed by atoms with Crippen LogP contribution in [0.1, 0.15) is 0 Å². The molecule has 12 heteroatoms. The fraction of sp³-hybridized carbons (Fsp3) is 0.923. The van der Waals surface area contributed by atoms with Gasteiger partial charge in [-0.1, -0.05) is 0 Å². The molecule has 0 amide bonds. The van der Waals surface area contributed by atoms with Crippen molar-refractivity contribution in [1.29, 1.82) is 0 Å². The monoisotopic (exact) mass is 366 g/mol. The zero-order chi connectivity index (χ0) is 18.5. The van der Waals surface area contributed by atoms with Crippen molar-refractivity contribution in [2.45, 2.75) is 60.6 Å². The molecule has 0 aromatic heterocycles. The Hall–Kier alpha value is -1.09. The lowest BCUT2D eigenvalue weighted by molar-refractivity contribution is -0.233. The van der Waals surface area contributed by atoms with Gasteiger partial charge in [0.25, 0.3) is 6.02 Å². The molecule has 2 fully saturated rings. The highest BCUT2D eigenvalue weighted by Gasteiger charge is 2.63. The lowest BCUT2D eigenvalue weighted by Gasteiger charge is -2.40. The first kappa shape index (κ1) is 18.7. The molecule has 0 radical (unpaired) electrons. The van der Waals surface area contributed by atoms with E-state index in [-0.39, 0.29) is 6.02 Å². The van der Waals surface area contributed by atoms with Gasteiger partial charge in [-0.05, 0) is 0 Å². The van der Waals surface area contributed by atoms with Crippen LogP contribution in [0.5, 0.6) is 0 Å². The zero-order valence-electron chi connectivity index (χ0n) is 13.0. The van der Waals surface area contributed by atoms with E-state index in [4.69, 9.17) is 14.6 Å². The number of aliphatic imine (C=N–C) groups is 1. The molecule has 2 aliphatic heterocycles. The van der Waals surface area contributed by atoms with Gasteiger partial charge in [-0.3, -0.25) is 0 Å². The van der Waals surface area contributed by atoms with Crippen molar-refractivity contribution in [2.24, 2.45) is 4.99 Å². The van der Waals surface area contributed by atoms with Crippen LogP contribution in [0.15, 0.2) is 4.99 Å². The topological polar surface area (TPSA) is 205 Å². The predicted octanol–water partition coefficient (Wildman–Crippen LogP) is -6.04. The van der Waals surface area contributed by atoms with E-state index in [0.29, 0.717) is 0 Å². The van der Waals surface area contributed by atoms with E-state index < -0.39 is 73.8 Å². The van der Waals surface area contributed by atoms with Crippen molar-refractivity contribution in [2.75, 3.05) is 13.2 Å². The Labute approximate surface area is 141 Å². The fourth-order valence-electron chi connectivity index (χ4n) is 3.33. The van der Waals surface area contributed by atoms with Crippen LogP contribution in [0.4, 0.5) is 0 Å². The van der Waals surface area contributed by atoms with Crippen molar-refractivity contribution in [3.05, 3.63) is 0 Å². The molecular formula is C13H22N2O10. The summed E-state index contributed by atoms with van der Waals surface area (Å²) in [7, 11) is 0. The Morgan fingerprint density at radius 2 is 1.68 bits per heavy atom. The van der Waals surface area contributed by atoms with E-state index >= 15 is 0 Å². The van der Waals surface area contributed by atoms with Crippen molar-refractivity contribution >= 4 is 6.02 Å². The van der Waals surface area contributed by atoms with Gasteiger partial charge < -0.3 is 55.6 Å². The lowest BCUT2D eigenvalue weighted by Crippen LogP contribution is -2.63. The number of ether oxygens (including phenoxy) is 2. The van der Waals surface area contributed by atoms with Crippen LogP contribution in [0.3, 0.4) is 0 Å². The molecule has 0 aromatic carbocycles. The Morgan fingerprint density at radius 1 is 1.00 bits per heavy atom. The maximum atomic E-state index is 10.3. The number of nitrogens with zero attached hydrogens (tertiary/aromatic N) is 1. The summed E-state index contributed by atoms with van der Waals surface area (Å²) in [5.41, 5.74) is -2.11. The maximum Gasteiger partial charge on any atom is 0.287 e. The Bertz CT molecular complexity index is 533. The minimum absolute atomic E-state index is 0.267. The molecule has 1 saturated heterocycles. The zero-order valence-corrected chi connectivity index (χ0v) is 13.0. The molecular weight excluding hydrogens is 344 g/mol. The molecule has 1 aliphatic carbocycles. The summed E-state index contributed by atoms with van der Waals surface area (Å²) in [6, 6.07) is -1.44. The average molecular weight is 366 g/mol. The molecule has 3 rings (SSSR count). The number of aliphatic hydroxyl groups is 8. The second-order valence-electron chi connectivity index (χ2n) is 6.44. The summed E-state index contributed by atoms with van der Waals surface area (Å²) in [6.07, 6.45) is -11.5. The maximum absolute atomic E-state index is 10.3. The summed E-state index contributed by atoms with van der Waals surface area (Å²) in [4.78, 5) is 3.95. The summed E-state index contributed by atoms with van der Waals surface area (Å²) in [5.74, 6) is 0. The third-order valence-electron chi connectivity index (χ3n) is 4.91. The van der Waals surface area contributed by atoms with Crippen LogP contribution in [0.25, 0.3) is 0 Å². The molecule has 0 unspecified atom stereocenters. The lowest BCUT2D eigenvalue weighted by atomic mass is 9.97. The van der Waals surface area contributed by atoms with Gasteiger partial charge in [-0.15, -0.1) is 0 Å². The first-order valence-corrected chi connectivity index (χ1v) is 7.75. The van der Waals surface area contributed by atoms with Gasteiger partial charge >= 0.3 is 0 Å². The normalized spacial score (nSPS) is 52.5. The number of nitrogens with one attached hydrogen (secondary N) is 1. The molecule has 25 heavy (non-hydrogen) atoms. The van der Waals surface area contributed by atoms with Gasteiger partial charge in [-0.2, -0.15) is 0 Å². The second kappa shape index (κ2) is 6.57. The van der Waals surface area contributed by atoms with E-state index in [0.717, 1.165) is 0 Å². The number of amidine groups is 1. The van der Waals surface area contributed by atoms with Gasteiger partial charge in [0.05, 0.1) is 13.2 Å². The molecule has 0 spiro atoms. The molecule has 1 saturated carbocycles. The van der Waals surface area contributed by atoms with E-state index in [1.165, 1.54) is 0 Å². The third kappa shape index (κ3) is 2.79. The van der Waals surface area contributed by atoms with E-state index in [1.54, 1.807) is 0 Å². The van der Waals surface area contributed by atoms with Gasteiger partial charge in [0.2, 0.25) is 0 Å². The Kier molecular flexibility index (Phi) is 4.91. The highest BCUT2D eigenvalue weighted by Crippen LogP contribution is 2.38. The van der Waals surface area contributed by atoms with Crippen molar-refractivity contribution in [1.82, 2.24) is 5.32 Å². The van der Waals surface area contributed by atoms with Crippen molar-refractivity contribution < 1.29 is 50.3 Å². The fourth-order valence-corrected chi connectivity index (χ4v) is 3.33. The van der Waals surface area contributed by atoms with Crippen LogP contribution < -0.4 is 5.32 Å². The van der Waals surface area contributed by atoms with Crippen LogP contribution in [-0.4, -0.2) is 121 Å². The summed E-state index contributed by atoms with van der Waals surface area (Å²) in [5, 5.41) is 80.4. The Balaban J connectivity index is 1.74. The first-order chi connectivity index (χ1) is 11.7. The summed E-state index contributed by atoms with van der Waals surface area (Å²) in [6.45, 7) is -1.48. The van der Waals surface area contributed by atoms with Crippen molar-refractivity contribution in [3.63, 3.8) is 0 Å². The molecule has 3 aliphatic rings. The highest BCUT2D eigenvalue weighted by molar-refractivity contribution is 5.76. The van der Waals surface area contributed by atoms with Gasteiger partial charge in [0, 0.05) is 0 Å². The minimum Gasteiger partial charge on any atom is -0.457 e. The van der Waals surface area contributed by atoms with Crippen LogP contribution in [0, 0.1) is 0 Å². The van der Waals surface area contributed by atoms with Crippen LogP contribution in [-0.2, 0) is 9.47 Å². The smallest absolute Gasteiger partial charge is 0.287 e. The third-order valence-corrected chi connectivity index (χ3v) is 4.91. The number of hydrogen-bond acceptors (Lipinski definition) is 12. The van der Waals surface area contributed by atoms with E-state index in [2.05, 4.69) is 10.3 Å². The van der Waals surface area contributed by atoms with Gasteiger partial charge in [-0.25, -0.2) is 4.99 Å². The standard InChI is InChI=1S/C13H22N2O10/c16-1-3-4(18)5(19)6(20)11(24-3)15-12-14-9-8(25-12)7(21)10(22)13(9,23)2-17/h3-11,16-23H,1-2H2,(H,14,15)/t3-,4-,5+,6+,7-,8-,9-,10+,11+,13+/m1/s1. The molecule has 0 bridgehead atoms. The molecule has 12 nitrogen and oxygen atoms in total. The highest BCUT2D eigenvalue weighted by atomic mass is 16.6. The largest absolute Gasteiger partial charge is 0.457 e. The number of rotatable bonds is 3. The van der Waals surface area contributed by atoms with Crippen LogP contribution >= 0.6 is 0 Å². The van der Waals surface area contributed by atoms with Crippen LogP contribution in [0.2, 0.25) is 0 Å². The summed E-state index contributed by atoms with van der Waals surface area (Å²) < 4.78 is 10.5. The Morgan fingerprint density at radius 3 is 2.28 bits per heavy atom. The first-order valence-electron chi connectivity index (χ1n) is 7.75. The molecule has 9 N–H and O–H groups in total. The minimum atomic E-state index is -2.11. The van der Waals surface area contributed by atoms with E-state index in [1.807, 2.05) is 0 Å². The van der Waals surface area contributed by atoms with Gasteiger partial charge in [0.1, 0.15) is 48.3 Å². The molecule has 2 heterocycles. The second-order valence-corrected chi connectivity index (χ2v) is 6.44. The SMILES string of the molecule is OC[C@H]1O[C@H](NC2=N[C@@H]3[C@H](O2)[C@@H](O)[C@H](O)[C@]3(O)CO)[C@@H](O)[C@@H](O)[C@@H]1O. The molecule has 10 atom stereocenters. The molecule has 0 aromatic rings. The number of aliphatic hydroxyl groups excluding tert-OH is 7. The number of fused-ring (bicyclic) bond motifs is 1. The van der Waals surface area contributed by atoms with Crippen molar-refractivity contribution in [3.8, 4) is 0 Å². The predicted molar refractivity (Wildman–Crippen MR) is 77.0 cm³/mol. The average Bonchev–Trinajstić information content (AvgIpc) is 3.10. The van der Waals surface area contributed by atoms with Gasteiger partial charge in [0.15, 0.2) is 12.3 Å².